The van der Waals surface area contributed by atoms with Crippen LogP contribution in [0.25, 0.3) is 0 Å². The van der Waals surface area contributed by atoms with Crippen molar-refractivity contribution in [3.63, 3.8) is 0 Å². The lowest BCUT2D eigenvalue weighted by Gasteiger charge is -2.03. The Morgan fingerprint density at radius 3 is 2.25 bits per heavy atom. The molecule has 12 heavy (non-hydrogen) atoms. The molecule has 68 valence electrons. The van der Waals surface area contributed by atoms with Crippen molar-refractivity contribution >= 4 is 0 Å². The second-order valence-electron chi connectivity index (χ2n) is 2.84. The molecule has 0 aliphatic rings. The summed E-state index contributed by atoms with van der Waals surface area (Å²) in [6, 6.07) is 0. The molecule has 0 bridgehead atoms. The topological polar surface area (TPSA) is 0 Å². The van der Waals surface area contributed by atoms with Gasteiger partial charge in [-0.05, 0) is 24.8 Å². The fraction of sp³-hybridized carbons (Fsp3) is 0.500. The van der Waals surface area contributed by atoms with Crippen molar-refractivity contribution < 1.29 is 0 Å². The molecule has 0 N–H and O–H groups in total. The molecule has 0 radical (unpaired) electrons. The van der Waals surface area contributed by atoms with Crippen molar-refractivity contribution in [2.75, 3.05) is 0 Å². The molecule has 0 unspecified atom stereocenters. The van der Waals surface area contributed by atoms with Crippen LogP contribution in [0.3, 0.4) is 0 Å². The lowest BCUT2D eigenvalue weighted by atomic mass is 10.0. The van der Waals surface area contributed by atoms with Gasteiger partial charge in [0.1, 0.15) is 0 Å². The van der Waals surface area contributed by atoms with Gasteiger partial charge in [-0.2, -0.15) is 0 Å². The van der Waals surface area contributed by atoms with Crippen LogP contribution in [0, 0.1) is 0 Å². The summed E-state index contributed by atoms with van der Waals surface area (Å²) in [5, 5.41) is 0. The van der Waals surface area contributed by atoms with Gasteiger partial charge in [0.05, 0.1) is 0 Å². The minimum atomic E-state index is 1.06. The van der Waals surface area contributed by atoms with Gasteiger partial charge in [0, 0.05) is 0 Å². The fourth-order valence-corrected chi connectivity index (χ4v) is 1.03. The van der Waals surface area contributed by atoms with Gasteiger partial charge < -0.3 is 0 Å². The summed E-state index contributed by atoms with van der Waals surface area (Å²) < 4.78 is 0. The van der Waals surface area contributed by atoms with E-state index in [1.165, 1.54) is 11.1 Å². The molecule has 0 saturated carbocycles. The minimum Gasteiger partial charge on any atom is -0.0956 e. The average molecular weight is 164 g/mol. The van der Waals surface area contributed by atoms with Gasteiger partial charge in [0.2, 0.25) is 0 Å². The van der Waals surface area contributed by atoms with Crippen LogP contribution in [0.4, 0.5) is 0 Å². The third kappa shape index (κ3) is 4.17. The highest BCUT2D eigenvalue weighted by molar-refractivity contribution is 5.30. The first kappa shape index (κ1) is 11.2. The van der Waals surface area contributed by atoms with Crippen molar-refractivity contribution in [3.05, 3.63) is 36.0 Å². The Morgan fingerprint density at radius 1 is 1.17 bits per heavy atom. The molecule has 0 rings (SSSR count). The van der Waals surface area contributed by atoms with Crippen LogP contribution >= 0.6 is 0 Å². The largest absolute Gasteiger partial charge is 0.0956 e. The molecule has 0 heteroatoms. The number of hydrogen-bond donors (Lipinski definition) is 0. The Hall–Kier alpha value is -0.780. The fourth-order valence-electron chi connectivity index (χ4n) is 1.03. The summed E-state index contributed by atoms with van der Waals surface area (Å²) in [7, 11) is 0. The highest BCUT2D eigenvalue weighted by Gasteiger charge is 1.94. The quantitative estimate of drug-likeness (QED) is 0.533. The predicted octanol–water partition coefficient (Wildman–Crippen LogP) is 4.26. The number of hydrogen-bond acceptors (Lipinski definition) is 0. The molecular weight excluding hydrogens is 144 g/mol. The number of allylic oxidation sites excluding steroid dienone is 5. The standard InChI is InChI=1S/C12H20/c1-5-8-9-10-12(7-3)11(4)6-2/h8-10H,4-7H2,1-3H3. The highest BCUT2D eigenvalue weighted by atomic mass is 14.0. The van der Waals surface area contributed by atoms with E-state index < -0.39 is 0 Å². The van der Waals surface area contributed by atoms with Gasteiger partial charge in [-0.3, -0.25) is 0 Å². The zero-order valence-electron chi connectivity index (χ0n) is 8.56. The molecule has 0 aliphatic carbocycles. The van der Waals surface area contributed by atoms with Crippen LogP contribution in [0.2, 0.25) is 0 Å². The van der Waals surface area contributed by atoms with E-state index in [4.69, 9.17) is 0 Å². The van der Waals surface area contributed by atoms with E-state index in [2.05, 4.69) is 45.6 Å². The van der Waals surface area contributed by atoms with Crippen LogP contribution in [-0.4, -0.2) is 0 Å². The van der Waals surface area contributed by atoms with Crippen molar-refractivity contribution in [1.29, 1.82) is 0 Å². The summed E-state index contributed by atoms with van der Waals surface area (Å²) in [4.78, 5) is 0. The maximum atomic E-state index is 4.02. The Bertz CT molecular complexity index is 182. The normalized spacial score (nSPS) is 12.4. The van der Waals surface area contributed by atoms with Gasteiger partial charge in [-0.25, -0.2) is 0 Å². The van der Waals surface area contributed by atoms with Gasteiger partial charge in [-0.1, -0.05) is 51.2 Å². The molecule has 0 aromatic heterocycles. The average Bonchev–Trinajstić information content (AvgIpc) is 2.11. The van der Waals surface area contributed by atoms with E-state index in [9.17, 15) is 0 Å². The zero-order valence-corrected chi connectivity index (χ0v) is 8.56. The van der Waals surface area contributed by atoms with Crippen LogP contribution < -0.4 is 0 Å². The van der Waals surface area contributed by atoms with Gasteiger partial charge in [0.15, 0.2) is 0 Å². The van der Waals surface area contributed by atoms with Crippen LogP contribution in [-0.2, 0) is 0 Å². The monoisotopic (exact) mass is 164 g/mol. The first-order valence-electron chi connectivity index (χ1n) is 4.80. The summed E-state index contributed by atoms with van der Waals surface area (Å²) in [6.45, 7) is 10.5. The second kappa shape index (κ2) is 6.90. The Morgan fingerprint density at radius 2 is 1.83 bits per heavy atom. The molecule has 0 nitrogen and oxygen atoms in total. The van der Waals surface area contributed by atoms with Crippen molar-refractivity contribution in [1.82, 2.24) is 0 Å². The molecule has 0 saturated heterocycles. The van der Waals surface area contributed by atoms with Gasteiger partial charge in [-0.15, -0.1) is 0 Å². The minimum absolute atomic E-state index is 1.06. The van der Waals surface area contributed by atoms with Crippen LogP contribution in [0.5, 0.6) is 0 Å². The number of rotatable bonds is 5. The van der Waals surface area contributed by atoms with E-state index in [1.54, 1.807) is 0 Å². The zero-order chi connectivity index (χ0) is 9.40. The Balaban J connectivity index is 4.22. The van der Waals surface area contributed by atoms with E-state index in [1.807, 2.05) is 0 Å². The van der Waals surface area contributed by atoms with Crippen LogP contribution in [0.1, 0.15) is 40.0 Å². The molecule has 0 aromatic carbocycles. The molecule has 0 atom stereocenters. The third-order valence-electron chi connectivity index (χ3n) is 1.93. The van der Waals surface area contributed by atoms with Gasteiger partial charge in [0.25, 0.3) is 0 Å². The third-order valence-corrected chi connectivity index (χ3v) is 1.93. The molecule has 0 amide bonds. The lowest BCUT2D eigenvalue weighted by Crippen LogP contribution is -1.83. The highest BCUT2D eigenvalue weighted by Crippen LogP contribution is 2.14. The van der Waals surface area contributed by atoms with E-state index in [0.29, 0.717) is 0 Å². The summed E-state index contributed by atoms with van der Waals surface area (Å²) in [5.41, 5.74) is 2.64. The van der Waals surface area contributed by atoms with Crippen molar-refractivity contribution in [2.45, 2.75) is 40.0 Å². The Labute approximate surface area is 76.7 Å². The van der Waals surface area contributed by atoms with E-state index in [0.717, 1.165) is 19.3 Å². The molecule has 0 aromatic rings. The van der Waals surface area contributed by atoms with Crippen molar-refractivity contribution in [3.8, 4) is 0 Å². The smallest absolute Gasteiger partial charge is 0.0305 e. The summed E-state index contributed by atoms with van der Waals surface area (Å²) in [6.07, 6.45) is 9.71. The van der Waals surface area contributed by atoms with Crippen LogP contribution in [0.15, 0.2) is 36.0 Å². The maximum Gasteiger partial charge on any atom is -0.0305 e. The second-order valence-corrected chi connectivity index (χ2v) is 2.84. The SMILES string of the molecule is C=C(CC)C(=CC=CCC)CC. The molecule has 0 fully saturated rings. The molecule has 0 spiro atoms. The first-order valence-corrected chi connectivity index (χ1v) is 4.80. The van der Waals surface area contributed by atoms with E-state index >= 15 is 0 Å². The predicted molar refractivity (Wildman–Crippen MR) is 57.2 cm³/mol. The summed E-state index contributed by atoms with van der Waals surface area (Å²) >= 11 is 0. The maximum absolute atomic E-state index is 4.02. The van der Waals surface area contributed by atoms with Gasteiger partial charge >= 0.3 is 0 Å². The molecular formula is C12H20. The molecule has 0 heterocycles. The van der Waals surface area contributed by atoms with E-state index in [-0.39, 0.29) is 0 Å². The summed E-state index contributed by atoms with van der Waals surface area (Å²) in [5.74, 6) is 0. The first-order chi connectivity index (χ1) is 5.76. The van der Waals surface area contributed by atoms with Crippen molar-refractivity contribution in [2.24, 2.45) is 0 Å². The Kier molecular flexibility index (Phi) is 6.45. The molecule has 0 aliphatic heterocycles. The lowest BCUT2D eigenvalue weighted by molar-refractivity contribution is 1.03.